The maximum absolute atomic E-state index is 12.3. The minimum Gasteiger partial charge on any atom is -0.469 e. The lowest BCUT2D eigenvalue weighted by molar-refractivity contribution is -0.140. The summed E-state index contributed by atoms with van der Waals surface area (Å²) in [4.78, 5) is 47.3. The van der Waals surface area contributed by atoms with Gasteiger partial charge in [0.15, 0.2) is 0 Å². The number of hydrogen-bond donors (Lipinski definition) is 3. The van der Waals surface area contributed by atoms with E-state index in [2.05, 4.69) is 20.7 Å². The fraction of sp³-hybridized carbons (Fsp3) is 0.238. The van der Waals surface area contributed by atoms with Crippen LogP contribution in [0.25, 0.3) is 0 Å². The highest BCUT2D eigenvalue weighted by Gasteiger charge is 2.14. The predicted molar refractivity (Wildman–Crippen MR) is 109 cm³/mol. The first-order chi connectivity index (χ1) is 14.5. The van der Waals surface area contributed by atoms with Gasteiger partial charge in [-0.05, 0) is 17.7 Å². The van der Waals surface area contributed by atoms with E-state index in [1.165, 1.54) is 13.2 Å². The van der Waals surface area contributed by atoms with Crippen LogP contribution in [0.1, 0.15) is 22.3 Å². The van der Waals surface area contributed by atoms with Crippen molar-refractivity contribution in [2.24, 2.45) is 0 Å². The summed E-state index contributed by atoms with van der Waals surface area (Å²) in [6.07, 6.45) is -0.700. The largest absolute Gasteiger partial charge is 0.469 e. The molecule has 0 saturated carbocycles. The van der Waals surface area contributed by atoms with Crippen molar-refractivity contribution < 1.29 is 28.7 Å². The highest BCUT2D eigenvalue weighted by atomic mass is 16.5. The third-order valence-corrected chi connectivity index (χ3v) is 3.89. The van der Waals surface area contributed by atoms with Crippen molar-refractivity contribution in [1.82, 2.24) is 10.6 Å². The molecule has 0 radical (unpaired) electrons. The number of rotatable bonds is 9. The fourth-order valence-corrected chi connectivity index (χ4v) is 2.39. The molecule has 0 aliphatic rings. The molecule has 0 fully saturated rings. The molecule has 2 aromatic carbocycles. The molecule has 0 aliphatic heterocycles. The van der Waals surface area contributed by atoms with Gasteiger partial charge < -0.3 is 25.4 Å². The van der Waals surface area contributed by atoms with Gasteiger partial charge in [-0.15, -0.1) is 0 Å². The van der Waals surface area contributed by atoms with Crippen LogP contribution in [0.5, 0.6) is 0 Å². The number of anilines is 1. The molecule has 0 bridgehead atoms. The van der Waals surface area contributed by atoms with Crippen molar-refractivity contribution in [3.8, 4) is 0 Å². The Morgan fingerprint density at radius 3 is 2.33 bits per heavy atom. The zero-order valence-corrected chi connectivity index (χ0v) is 16.5. The standard InChI is InChI=1S/C21H23N3O6/c1-29-19(26)11-12-22-20(27)16-9-5-6-10-17(16)24-18(25)13-23-21(28)30-14-15-7-3-2-4-8-15/h2-10H,11-14H2,1H3,(H,22,27)(H,23,28)(H,24,25). The van der Waals surface area contributed by atoms with Gasteiger partial charge in [-0.3, -0.25) is 14.4 Å². The molecule has 0 atom stereocenters. The molecule has 9 heteroatoms. The Hall–Kier alpha value is -3.88. The van der Waals surface area contributed by atoms with Crippen molar-refractivity contribution >= 4 is 29.6 Å². The second kappa shape index (κ2) is 11.8. The second-order valence-corrected chi connectivity index (χ2v) is 6.09. The molecule has 2 rings (SSSR count). The van der Waals surface area contributed by atoms with E-state index in [0.717, 1.165) is 5.56 Å². The first-order valence-corrected chi connectivity index (χ1v) is 9.18. The molecule has 0 aliphatic carbocycles. The Morgan fingerprint density at radius 2 is 1.60 bits per heavy atom. The van der Waals surface area contributed by atoms with Crippen LogP contribution in [0.3, 0.4) is 0 Å². The molecule has 0 saturated heterocycles. The van der Waals surface area contributed by atoms with Crippen LogP contribution < -0.4 is 16.0 Å². The Morgan fingerprint density at radius 1 is 0.900 bits per heavy atom. The Labute approximate surface area is 173 Å². The molecule has 0 spiro atoms. The number of amides is 3. The summed E-state index contributed by atoms with van der Waals surface area (Å²) in [6, 6.07) is 15.5. The lowest BCUT2D eigenvalue weighted by atomic mass is 10.1. The van der Waals surface area contributed by atoms with E-state index in [-0.39, 0.29) is 37.4 Å². The maximum atomic E-state index is 12.3. The van der Waals surface area contributed by atoms with Crippen molar-refractivity contribution in [3.05, 3.63) is 65.7 Å². The van der Waals surface area contributed by atoms with Gasteiger partial charge in [0, 0.05) is 6.54 Å². The lowest BCUT2D eigenvalue weighted by Gasteiger charge is -2.12. The van der Waals surface area contributed by atoms with E-state index >= 15 is 0 Å². The zero-order chi connectivity index (χ0) is 21.8. The van der Waals surface area contributed by atoms with Crippen molar-refractivity contribution in [1.29, 1.82) is 0 Å². The van der Waals surface area contributed by atoms with Crippen LogP contribution >= 0.6 is 0 Å². The summed E-state index contributed by atoms with van der Waals surface area (Å²) >= 11 is 0. The number of methoxy groups -OCH3 is 1. The van der Waals surface area contributed by atoms with Gasteiger partial charge in [-0.25, -0.2) is 4.79 Å². The van der Waals surface area contributed by atoms with E-state index in [1.54, 1.807) is 18.2 Å². The van der Waals surface area contributed by atoms with Crippen molar-refractivity contribution in [2.75, 3.05) is 25.5 Å². The summed E-state index contributed by atoms with van der Waals surface area (Å²) in [5.41, 5.74) is 1.32. The number of carbonyl (C=O) groups is 4. The summed E-state index contributed by atoms with van der Waals surface area (Å²) in [5.74, 6) is -1.42. The fourth-order valence-electron chi connectivity index (χ4n) is 2.39. The molecule has 30 heavy (non-hydrogen) atoms. The van der Waals surface area contributed by atoms with Crippen molar-refractivity contribution in [3.63, 3.8) is 0 Å². The lowest BCUT2D eigenvalue weighted by Crippen LogP contribution is -2.34. The average molecular weight is 413 g/mol. The molecule has 0 unspecified atom stereocenters. The summed E-state index contributed by atoms with van der Waals surface area (Å²) in [6.45, 7) is -0.141. The average Bonchev–Trinajstić information content (AvgIpc) is 2.77. The minimum atomic E-state index is -0.733. The highest BCUT2D eigenvalue weighted by molar-refractivity contribution is 6.04. The number of benzene rings is 2. The predicted octanol–water partition coefficient (Wildman–Crippen LogP) is 1.84. The Kier molecular flexibility index (Phi) is 8.85. The SMILES string of the molecule is COC(=O)CCNC(=O)c1ccccc1NC(=O)CNC(=O)OCc1ccccc1. The number of hydrogen-bond acceptors (Lipinski definition) is 6. The quantitative estimate of drug-likeness (QED) is 0.539. The summed E-state index contributed by atoms with van der Waals surface area (Å²) in [7, 11) is 1.26. The molecular weight excluding hydrogens is 390 g/mol. The monoisotopic (exact) mass is 413 g/mol. The molecule has 3 N–H and O–H groups in total. The van der Waals surface area contributed by atoms with Gasteiger partial charge in [0.2, 0.25) is 5.91 Å². The number of carbonyl (C=O) groups excluding carboxylic acids is 4. The van der Waals surface area contributed by atoms with Gasteiger partial charge in [0.05, 0.1) is 24.8 Å². The highest BCUT2D eigenvalue weighted by Crippen LogP contribution is 2.14. The zero-order valence-electron chi connectivity index (χ0n) is 16.5. The molecule has 0 aromatic heterocycles. The van der Waals surface area contributed by atoms with Gasteiger partial charge >= 0.3 is 12.1 Å². The summed E-state index contributed by atoms with van der Waals surface area (Å²) in [5, 5.41) is 7.50. The van der Waals surface area contributed by atoms with Crippen LogP contribution in [0.2, 0.25) is 0 Å². The van der Waals surface area contributed by atoms with E-state index in [9.17, 15) is 19.2 Å². The molecule has 9 nitrogen and oxygen atoms in total. The number of esters is 1. The summed E-state index contributed by atoms with van der Waals surface area (Å²) < 4.78 is 9.54. The van der Waals surface area contributed by atoms with Crippen LogP contribution in [0.15, 0.2) is 54.6 Å². The number of alkyl carbamates (subject to hydrolysis) is 1. The molecule has 158 valence electrons. The van der Waals surface area contributed by atoms with Crippen molar-refractivity contribution in [2.45, 2.75) is 13.0 Å². The van der Waals surface area contributed by atoms with E-state index in [4.69, 9.17) is 4.74 Å². The first-order valence-electron chi connectivity index (χ1n) is 9.18. The smallest absolute Gasteiger partial charge is 0.407 e. The number of nitrogens with one attached hydrogen (secondary N) is 3. The molecule has 0 heterocycles. The maximum Gasteiger partial charge on any atom is 0.407 e. The van der Waals surface area contributed by atoms with Gasteiger partial charge in [0.25, 0.3) is 5.91 Å². The third kappa shape index (κ3) is 7.63. The first kappa shape index (κ1) is 22.4. The van der Waals surface area contributed by atoms with Crippen LogP contribution in [-0.2, 0) is 25.7 Å². The van der Waals surface area contributed by atoms with Gasteiger partial charge in [-0.2, -0.15) is 0 Å². The van der Waals surface area contributed by atoms with Crippen LogP contribution in [0.4, 0.5) is 10.5 Å². The Balaban J connectivity index is 1.81. The van der Waals surface area contributed by atoms with Gasteiger partial charge in [-0.1, -0.05) is 42.5 Å². The third-order valence-electron chi connectivity index (χ3n) is 3.89. The molecular formula is C21H23N3O6. The van der Waals surface area contributed by atoms with E-state index < -0.39 is 23.9 Å². The Bertz CT molecular complexity index is 885. The normalized spacial score (nSPS) is 9.90. The second-order valence-electron chi connectivity index (χ2n) is 6.09. The molecule has 2 aromatic rings. The number of ether oxygens (including phenoxy) is 2. The van der Waals surface area contributed by atoms with Crippen LogP contribution in [0, 0.1) is 0 Å². The molecule has 3 amide bonds. The van der Waals surface area contributed by atoms with E-state index in [0.29, 0.717) is 0 Å². The topological polar surface area (TPSA) is 123 Å². The minimum absolute atomic E-state index is 0.0335. The number of para-hydroxylation sites is 1. The van der Waals surface area contributed by atoms with E-state index in [1.807, 2.05) is 30.3 Å². The van der Waals surface area contributed by atoms with Crippen LogP contribution in [-0.4, -0.2) is 44.1 Å². The van der Waals surface area contributed by atoms with Gasteiger partial charge in [0.1, 0.15) is 13.2 Å².